The average Bonchev–Trinajstić information content (AvgIpc) is 3.00. The Morgan fingerprint density at radius 3 is 2.40 bits per heavy atom. The van der Waals surface area contributed by atoms with Crippen LogP contribution in [-0.2, 0) is 17.6 Å². The highest BCUT2D eigenvalue weighted by atomic mass is 32.1. The molecule has 0 bridgehead atoms. The summed E-state index contributed by atoms with van der Waals surface area (Å²) in [5, 5.41) is 12.6. The second kappa shape index (κ2) is 9.78. The molecular weight excluding hydrogens is 334 g/mol. The number of rotatable bonds is 7. The van der Waals surface area contributed by atoms with Crippen LogP contribution in [0.25, 0.3) is 0 Å². The molecule has 2 rings (SSSR count). The Labute approximate surface area is 152 Å². The summed E-state index contributed by atoms with van der Waals surface area (Å²) in [5.41, 5.74) is 3.14. The Bertz CT molecular complexity index is 709. The molecule has 2 aromatic rings. The molecule has 25 heavy (non-hydrogen) atoms. The quantitative estimate of drug-likeness (QED) is 0.524. The van der Waals surface area contributed by atoms with Gasteiger partial charge in [0.25, 0.3) is 0 Å². The molecule has 1 aromatic carbocycles. The minimum atomic E-state index is -0.0582. The van der Waals surface area contributed by atoms with E-state index in [1.165, 1.54) is 12.5 Å². The minimum absolute atomic E-state index is 0.0582. The zero-order valence-electron chi connectivity index (χ0n) is 14.9. The van der Waals surface area contributed by atoms with Crippen molar-refractivity contribution in [3.05, 3.63) is 45.9 Å². The smallest absolute Gasteiger partial charge is 0.221 e. The van der Waals surface area contributed by atoms with Gasteiger partial charge in [0, 0.05) is 44.5 Å². The van der Waals surface area contributed by atoms with Gasteiger partial charge in [-0.05, 0) is 31.0 Å². The Balaban J connectivity index is 1.69. The van der Waals surface area contributed by atoms with Crippen molar-refractivity contribution >= 4 is 28.9 Å². The molecule has 134 valence electrons. The highest BCUT2D eigenvalue weighted by molar-refractivity contribution is 7.09. The van der Waals surface area contributed by atoms with Crippen molar-refractivity contribution in [2.75, 3.05) is 25.5 Å². The number of aliphatic imine (C=N–C) groups is 1. The second-order valence-corrected chi connectivity index (χ2v) is 6.72. The molecule has 1 amide bonds. The SMILES string of the molecule is CN=C(NCCc1ccc(NC(C)=O)cc1)NCCc1csc(C)n1. The summed E-state index contributed by atoms with van der Waals surface area (Å²) < 4.78 is 0. The Hall–Kier alpha value is -2.41. The Morgan fingerprint density at radius 2 is 1.84 bits per heavy atom. The largest absolute Gasteiger partial charge is 0.356 e. The first kappa shape index (κ1) is 18.9. The van der Waals surface area contributed by atoms with Crippen LogP contribution in [0.1, 0.15) is 23.2 Å². The predicted octanol–water partition coefficient (Wildman–Crippen LogP) is 2.36. The number of hydrogen-bond acceptors (Lipinski definition) is 4. The maximum absolute atomic E-state index is 11.0. The molecule has 6 nitrogen and oxygen atoms in total. The standard InChI is InChI=1S/C18H25N5OS/c1-13(24)22-16-6-4-15(5-7-16)8-10-20-18(19-3)21-11-9-17-12-25-14(2)23-17/h4-7,12H,8-11H2,1-3H3,(H,22,24)(H2,19,20,21). The van der Waals surface area contributed by atoms with Crippen LogP contribution in [0.4, 0.5) is 5.69 Å². The second-order valence-electron chi connectivity index (χ2n) is 5.66. The summed E-state index contributed by atoms with van der Waals surface area (Å²) in [6, 6.07) is 7.88. The summed E-state index contributed by atoms with van der Waals surface area (Å²) in [7, 11) is 1.77. The summed E-state index contributed by atoms with van der Waals surface area (Å²) >= 11 is 1.68. The van der Waals surface area contributed by atoms with Crippen molar-refractivity contribution in [3.63, 3.8) is 0 Å². The van der Waals surface area contributed by atoms with Gasteiger partial charge in [0.1, 0.15) is 0 Å². The number of guanidine groups is 1. The number of hydrogen-bond donors (Lipinski definition) is 3. The number of thiazole rings is 1. The normalized spacial score (nSPS) is 11.2. The van der Waals surface area contributed by atoms with Crippen molar-refractivity contribution < 1.29 is 4.79 Å². The first-order chi connectivity index (χ1) is 12.1. The number of nitrogens with one attached hydrogen (secondary N) is 3. The van der Waals surface area contributed by atoms with E-state index < -0.39 is 0 Å². The lowest BCUT2D eigenvalue weighted by Gasteiger charge is -2.11. The molecule has 1 aromatic heterocycles. The third-order valence-corrected chi connectivity index (χ3v) is 4.37. The lowest BCUT2D eigenvalue weighted by molar-refractivity contribution is -0.114. The topological polar surface area (TPSA) is 78.4 Å². The molecular formula is C18H25N5OS. The van der Waals surface area contributed by atoms with Crippen molar-refractivity contribution in [2.45, 2.75) is 26.7 Å². The number of aryl methyl sites for hydroxylation is 1. The fourth-order valence-electron chi connectivity index (χ4n) is 2.34. The Morgan fingerprint density at radius 1 is 1.16 bits per heavy atom. The van der Waals surface area contributed by atoms with E-state index in [4.69, 9.17) is 0 Å². The van der Waals surface area contributed by atoms with E-state index in [1.807, 2.05) is 31.2 Å². The third-order valence-electron chi connectivity index (χ3n) is 3.54. The first-order valence-electron chi connectivity index (χ1n) is 8.29. The number of carbonyl (C=O) groups is 1. The van der Waals surface area contributed by atoms with E-state index in [-0.39, 0.29) is 5.91 Å². The molecule has 0 aliphatic heterocycles. The van der Waals surface area contributed by atoms with Crippen LogP contribution in [0.3, 0.4) is 0 Å². The van der Waals surface area contributed by atoms with Crippen molar-refractivity contribution in [1.29, 1.82) is 0 Å². The van der Waals surface area contributed by atoms with E-state index in [0.29, 0.717) is 0 Å². The van der Waals surface area contributed by atoms with Crippen molar-refractivity contribution in [2.24, 2.45) is 4.99 Å². The number of aromatic nitrogens is 1. The van der Waals surface area contributed by atoms with Crippen molar-refractivity contribution in [3.8, 4) is 0 Å². The molecule has 0 atom stereocenters. The van der Waals surface area contributed by atoms with E-state index in [9.17, 15) is 4.79 Å². The molecule has 0 saturated carbocycles. The highest BCUT2D eigenvalue weighted by Crippen LogP contribution is 2.10. The van der Waals surface area contributed by atoms with Crippen LogP contribution in [0.15, 0.2) is 34.6 Å². The molecule has 0 fully saturated rings. The van der Waals surface area contributed by atoms with E-state index >= 15 is 0 Å². The van der Waals surface area contributed by atoms with Crippen LogP contribution in [0.5, 0.6) is 0 Å². The zero-order chi connectivity index (χ0) is 18.1. The lowest BCUT2D eigenvalue weighted by Crippen LogP contribution is -2.39. The zero-order valence-corrected chi connectivity index (χ0v) is 15.7. The molecule has 7 heteroatoms. The maximum Gasteiger partial charge on any atom is 0.221 e. The van der Waals surface area contributed by atoms with Crippen LogP contribution < -0.4 is 16.0 Å². The van der Waals surface area contributed by atoms with Crippen LogP contribution in [0.2, 0.25) is 0 Å². The van der Waals surface area contributed by atoms with Crippen LogP contribution in [0, 0.1) is 6.92 Å². The van der Waals surface area contributed by atoms with Gasteiger partial charge in [-0.25, -0.2) is 4.98 Å². The van der Waals surface area contributed by atoms with Gasteiger partial charge >= 0.3 is 0 Å². The molecule has 0 aliphatic carbocycles. The van der Waals surface area contributed by atoms with Gasteiger partial charge in [0.2, 0.25) is 5.91 Å². The van der Waals surface area contributed by atoms with E-state index in [0.717, 1.165) is 48.3 Å². The van der Waals surface area contributed by atoms with Gasteiger partial charge in [-0.2, -0.15) is 0 Å². The summed E-state index contributed by atoms with van der Waals surface area (Å²) in [4.78, 5) is 19.7. The monoisotopic (exact) mass is 359 g/mol. The van der Waals surface area contributed by atoms with Crippen LogP contribution >= 0.6 is 11.3 Å². The van der Waals surface area contributed by atoms with E-state index in [1.54, 1.807) is 18.4 Å². The minimum Gasteiger partial charge on any atom is -0.356 e. The van der Waals surface area contributed by atoms with Gasteiger partial charge in [0.05, 0.1) is 10.7 Å². The van der Waals surface area contributed by atoms with Crippen molar-refractivity contribution in [1.82, 2.24) is 15.6 Å². The summed E-state index contributed by atoms with van der Waals surface area (Å²) in [6.45, 7) is 5.11. The van der Waals surface area contributed by atoms with Gasteiger partial charge in [-0.3, -0.25) is 9.79 Å². The average molecular weight is 359 g/mol. The molecule has 0 radical (unpaired) electrons. The molecule has 0 saturated heterocycles. The maximum atomic E-state index is 11.0. The summed E-state index contributed by atoms with van der Waals surface area (Å²) in [5.74, 6) is 0.735. The van der Waals surface area contributed by atoms with Crippen LogP contribution in [-0.4, -0.2) is 37.0 Å². The molecule has 0 unspecified atom stereocenters. The predicted molar refractivity (Wildman–Crippen MR) is 104 cm³/mol. The Kier molecular flexibility index (Phi) is 7.40. The van der Waals surface area contributed by atoms with Gasteiger partial charge in [-0.1, -0.05) is 12.1 Å². The number of amides is 1. The highest BCUT2D eigenvalue weighted by Gasteiger charge is 2.01. The molecule has 3 N–H and O–H groups in total. The van der Waals surface area contributed by atoms with Gasteiger partial charge in [-0.15, -0.1) is 11.3 Å². The number of carbonyl (C=O) groups excluding carboxylic acids is 1. The fourth-order valence-corrected chi connectivity index (χ4v) is 2.98. The third kappa shape index (κ3) is 6.93. The van der Waals surface area contributed by atoms with Gasteiger partial charge in [0.15, 0.2) is 5.96 Å². The lowest BCUT2D eigenvalue weighted by atomic mass is 10.1. The number of benzene rings is 1. The summed E-state index contributed by atoms with van der Waals surface area (Å²) in [6.07, 6.45) is 1.77. The van der Waals surface area contributed by atoms with E-state index in [2.05, 4.69) is 31.3 Å². The number of anilines is 1. The molecule has 1 heterocycles. The molecule has 0 spiro atoms. The van der Waals surface area contributed by atoms with Gasteiger partial charge < -0.3 is 16.0 Å². The fraction of sp³-hybridized carbons (Fsp3) is 0.389. The first-order valence-corrected chi connectivity index (χ1v) is 9.17. The molecule has 0 aliphatic rings. The number of nitrogens with zero attached hydrogens (tertiary/aromatic N) is 2.